The van der Waals surface area contributed by atoms with E-state index in [0.717, 1.165) is 9.80 Å². The molecule has 0 spiro atoms. The van der Waals surface area contributed by atoms with Gasteiger partial charge in [-0.05, 0) is 43.3 Å². The van der Waals surface area contributed by atoms with Crippen molar-refractivity contribution in [1.29, 1.82) is 0 Å². The molecule has 0 saturated heterocycles. The number of carboxylic acid groups (broad SMARTS) is 5. The summed E-state index contributed by atoms with van der Waals surface area (Å²) in [5.74, 6) is -6.34. The number of aliphatic carboxylic acids is 5. The summed E-state index contributed by atoms with van der Waals surface area (Å²) in [6, 6.07) is 5.21. The Balaban J connectivity index is 3.42. The fourth-order valence-electron chi connectivity index (χ4n) is 4.03. The van der Waals surface area contributed by atoms with E-state index >= 15 is 0 Å². The molecule has 1 aromatic rings. The van der Waals surface area contributed by atoms with Gasteiger partial charge in [-0.1, -0.05) is 12.1 Å². The minimum atomic E-state index is -1.28. The summed E-state index contributed by atoms with van der Waals surface area (Å²) in [7, 11) is 0. The molecule has 0 saturated carbocycles. The van der Waals surface area contributed by atoms with Gasteiger partial charge >= 0.3 is 29.8 Å². The SMILES string of the molecule is CC(CN(CC(=O)O)CC(=O)O)N(CC(=O)O)C(Cc1ccc(N=C=S)cc1)CN(CC(=O)O)CC(=O)O. The second kappa shape index (κ2) is 16.2. The van der Waals surface area contributed by atoms with E-state index in [1.807, 2.05) is 0 Å². The highest BCUT2D eigenvalue weighted by Crippen LogP contribution is 2.18. The lowest BCUT2D eigenvalue weighted by molar-refractivity contribution is -0.144. The van der Waals surface area contributed by atoms with Gasteiger partial charge in [0, 0.05) is 25.2 Å². The number of isothiocyanates is 1. The predicted octanol–water partition coefficient (Wildman–Crippen LogP) is 0.0495. The van der Waals surface area contributed by atoms with Crippen molar-refractivity contribution in [3.8, 4) is 0 Å². The Labute approximate surface area is 223 Å². The van der Waals surface area contributed by atoms with Crippen LogP contribution in [0, 0.1) is 0 Å². The Bertz CT molecular complexity index is 1010. The number of carboxylic acids is 5. The molecule has 38 heavy (non-hydrogen) atoms. The number of nitrogens with zero attached hydrogens (tertiary/aromatic N) is 4. The molecule has 15 heteroatoms. The second-order valence-corrected chi connectivity index (χ2v) is 8.74. The number of carbonyl (C=O) groups is 5. The molecule has 0 aliphatic heterocycles. The number of rotatable bonds is 19. The zero-order valence-corrected chi connectivity index (χ0v) is 21.4. The summed E-state index contributed by atoms with van der Waals surface area (Å²) in [6.45, 7) is -1.71. The van der Waals surface area contributed by atoms with Crippen LogP contribution in [0.3, 0.4) is 0 Å². The van der Waals surface area contributed by atoms with Gasteiger partial charge in [0.25, 0.3) is 0 Å². The topological polar surface area (TPSA) is 209 Å². The van der Waals surface area contributed by atoms with Crippen molar-refractivity contribution < 1.29 is 49.5 Å². The van der Waals surface area contributed by atoms with Gasteiger partial charge in [-0.3, -0.25) is 38.7 Å². The fraction of sp³-hybridized carbons (Fsp3) is 0.478. The van der Waals surface area contributed by atoms with E-state index < -0.39 is 74.7 Å². The summed E-state index contributed by atoms with van der Waals surface area (Å²) >= 11 is 4.58. The fourth-order valence-corrected chi connectivity index (χ4v) is 4.14. The third-order valence-corrected chi connectivity index (χ3v) is 5.45. The van der Waals surface area contributed by atoms with E-state index in [1.54, 1.807) is 31.2 Å². The van der Waals surface area contributed by atoms with Gasteiger partial charge in [0.15, 0.2) is 0 Å². The Morgan fingerprint density at radius 1 is 0.763 bits per heavy atom. The van der Waals surface area contributed by atoms with Crippen LogP contribution in [0.25, 0.3) is 0 Å². The molecule has 0 aliphatic carbocycles. The Morgan fingerprint density at radius 3 is 1.58 bits per heavy atom. The summed E-state index contributed by atoms with van der Waals surface area (Å²) in [5, 5.41) is 48.7. The molecular formula is C23H30N4O10S. The maximum Gasteiger partial charge on any atom is 0.317 e. The van der Waals surface area contributed by atoms with E-state index in [2.05, 4.69) is 22.4 Å². The first-order chi connectivity index (χ1) is 17.8. The molecule has 0 aliphatic rings. The molecular weight excluding hydrogens is 524 g/mol. The lowest BCUT2D eigenvalue weighted by Gasteiger charge is -2.39. The predicted molar refractivity (Wildman–Crippen MR) is 136 cm³/mol. The molecule has 0 aromatic heterocycles. The number of thiocarbonyl (C=S) groups is 1. The lowest BCUT2D eigenvalue weighted by Crippen LogP contribution is -2.55. The standard InChI is InChI=1S/C23H30N4O10S/c1-15(7-25(9-19(28)29)10-20(30)31)27(13-23(36)37)18(8-26(11-21(32)33)12-22(34)35)6-16-2-4-17(5-3-16)24-14-38/h2-5,15,18H,6-13H2,1H3,(H,28,29)(H,30,31)(H,32,33)(H,34,35)(H,36,37). The molecule has 1 aromatic carbocycles. The Morgan fingerprint density at radius 2 is 1.18 bits per heavy atom. The largest absolute Gasteiger partial charge is 0.480 e. The normalized spacial score (nSPS) is 12.6. The summed E-state index contributed by atoms with van der Waals surface area (Å²) < 4.78 is 0. The molecule has 0 bridgehead atoms. The maximum atomic E-state index is 11.8. The lowest BCUT2D eigenvalue weighted by atomic mass is 10.0. The molecule has 5 N–H and O–H groups in total. The Kier molecular flexibility index (Phi) is 13.7. The van der Waals surface area contributed by atoms with Crippen LogP contribution in [0.5, 0.6) is 0 Å². The first-order valence-corrected chi connectivity index (χ1v) is 11.7. The average molecular weight is 555 g/mol. The molecule has 0 amide bonds. The molecule has 14 nitrogen and oxygen atoms in total. The first-order valence-electron chi connectivity index (χ1n) is 11.3. The van der Waals surface area contributed by atoms with E-state index in [9.17, 15) is 39.3 Å². The van der Waals surface area contributed by atoms with Gasteiger partial charge < -0.3 is 25.5 Å². The number of benzene rings is 1. The minimum Gasteiger partial charge on any atom is -0.480 e. The van der Waals surface area contributed by atoms with Gasteiger partial charge in [-0.2, -0.15) is 4.99 Å². The minimum absolute atomic E-state index is 0.136. The number of aliphatic imine (C=N–C) groups is 1. The van der Waals surface area contributed by atoms with Crippen LogP contribution < -0.4 is 0 Å². The monoisotopic (exact) mass is 554 g/mol. The summed E-state index contributed by atoms with van der Waals surface area (Å²) in [4.78, 5) is 64.6. The molecule has 2 unspecified atom stereocenters. The highest BCUT2D eigenvalue weighted by Gasteiger charge is 2.31. The molecule has 1 rings (SSSR count). The third-order valence-electron chi connectivity index (χ3n) is 5.36. The molecule has 0 fully saturated rings. The zero-order chi connectivity index (χ0) is 28.8. The van der Waals surface area contributed by atoms with Crippen LogP contribution in [0.15, 0.2) is 29.3 Å². The van der Waals surface area contributed by atoms with E-state index in [-0.39, 0.29) is 19.5 Å². The molecule has 0 heterocycles. The third kappa shape index (κ3) is 13.0. The van der Waals surface area contributed by atoms with Crippen molar-refractivity contribution in [2.75, 3.05) is 45.8 Å². The molecule has 208 valence electrons. The van der Waals surface area contributed by atoms with Crippen molar-refractivity contribution >= 4 is 52.9 Å². The van der Waals surface area contributed by atoms with Crippen LogP contribution >= 0.6 is 12.2 Å². The summed E-state index contributed by atoms with van der Waals surface area (Å²) in [5.41, 5.74) is 1.21. The van der Waals surface area contributed by atoms with Crippen LogP contribution in [0.2, 0.25) is 0 Å². The average Bonchev–Trinajstić information content (AvgIpc) is 2.76. The quantitative estimate of drug-likeness (QED) is 0.113. The van der Waals surface area contributed by atoms with Gasteiger partial charge in [0.1, 0.15) is 0 Å². The Hall–Kier alpha value is -3.75. The molecule has 2 atom stereocenters. The van der Waals surface area contributed by atoms with Crippen molar-refractivity contribution in [2.24, 2.45) is 4.99 Å². The van der Waals surface area contributed by atoms with Gasteiger partial charge in [0.05, 0.1) is 43.6 Å². The highest BCUT2D eigenvalue weighted by atomic mass is 32.1. The number of hydrogen-bond donors (Lipinski definition) is 5. The zero-order valence-electron chi connectivity index (χ0n) is 20.6. The summed E-state index contributed by atoms with van der Waals surface area (Å²) in [6.07, 6.45) is 0.160. The van der Waals surface area contributed by atoms with Gasteiger partial charge in [0.2, 0.25) is 0 Å². The van der Waals surface area contributed by atoms with Crippen LogP contribution in [-0.2, 0) is 30.4 Å². The van der Waals surface area contributed by atoms with E-state index in [0.29, 0.717) is 11.3 Å². The van der Waals surface area contributed by atoms with Crippen LogP contribution in [0.4, 0.5) is 5.69 Å². The van der Waals surface area contributed by atoms with Crippen molar-refractivity contribution in [2.45, 2.75) is 25.4 Å². The maximum absolute atomic E-state index is 11.8. The molecule has 0 radical (unpaired) electrons. The second-order valence-electron chi connectivity index (χ2n) is 8.56. The smallest absolute Gasteiger partial charge is 0.317 e. The highest BCUT2D eigenvalue weighted by molar-refractivity contribution is 7.78. The van der Waals surface area contributed by atoms with Crippen LogP contribution in [-0.4, -0.2) is 133 Å². The van der Waals surface area contributed by atoms with Gasteiger partial charge in [-0.25, -0.2) is 0 Å². The van der Waals surface area contributed by atoms with Crippen molar-refractivity contribution in [3.63, 3.8) is 0 Å². The van der Waals surface area contributed by atoms with E-state index in [4.69, 9.17) is 10.2 Å². The van der Waals surface area contributed by atoms with Crippen molar-refractivity contribution in [3.05, 3.63) is 29.8 Å². The van der Waals surface area contributed by atoms with Gasteiger partial charge in [-0.15, -0.1) is 0 Å². The van der Waals surface area contributed by atoms with Crippen LogP contribution in [0.1, 0.15) is 12.5 Å². The van der Waals surface area contributed by atoms with Crippen molar-refractivity contribution in [1.82, 2.24) is 14.7 Å². The first kappa shape index (κ1) is 32.3. The number of hydrogen-bond acceptors (Lipinski definition) is 10. The van der Waals surface area contributed by atoms with E-state index in [1.165, 1.54) is 4.90 Å².